The molecule has 0 radical (unpaired) electrons. The lowest BCUT2D eigenvalue weighted by Gasteiger charge is -2.20. The number of pyridine rings is 1. The summed E-state index contributed by atoms with van der Waals surface area (Å²) in [5.41, 5.74) is 2.53. The minimum Gasteiger partial charge on any atom is -0.341 e. The maximum atomic E-state index is 13.2. The average Bonchev–Trinajstić information content (AvgIpc) is 2.67. The highest BCUT2D eigenvalue weighted by molar-refractivity contribution is 5.94. The molecule has 1 heterocycles. The molecule has 3 aromatic rings. The Bertz CT molecular complexity index is 900. The van der Waals surface area contributed by atoms with Crippen molar-refractivity contribution in [3.8, 4) is 6.07 Å². The molecule has 25 heavy (non-hydrogen) atoms. The zero-order chi connectivity index (χ0) is 17.6. The van der Waals surface area contributed by atoms with Gasteiger partial charge in [0.2, 0.25) is 0 Å². The van der Waals surface area contributed by atoms with E-state index in [4.69, 9.17) is 5.26 Å². The third-order valence-corrected chi connectivity index (χ3v) is 3.79. The van der Waals surface area contributed by atoms with Crippen molar-refractivity contribution in [2.45, 2.75) is 6.04 Å². The van der Waals surface area contributed by atoms with Crippen LogP contribution in [0.4, 0.5) is 4.39 Å². The number of nitrogens with one attached hydrogen (secondary N) is 1. The predicted octanol–water partition coefficient (Wildman–Crippen LogP) is 3.61. The molecule has 0 bridgehead atoms. The molecule has 1 N–H and O–H groups in total. The van der Waals surface area contributed by atoms with E-state index >= 15 is 0 Å². The van der Waals surface area contributed by atoms with Crippen molar-refractivity contribution < 1.29 is 9.18 Å². The Hall–Kier alpha value is -3.52. The number of halogens is 1. The van der Waals surface area contributed by atoms with E-state index in [2.05, 4.69) is 10.3 Å². The van der Waals surface area contributed by atoms with Crippen molar-refractivity contribution in [2.75, 3.05) is 0 Å². The van der Waals surface area contributed by atoms with Crippen LogP contribution in [0.1, 0.15) is 33.1 Å². The van der Waals surface area contributed by atoms with E-state index in [1.54, 1.807) is 60.9 Å². The fraction of sp³-hybridized carbons (Fsp3) is 0.0500. The summed E-state index contributed by atoms with van der Waals surface area (Å²) in [4.78, 5) is 16.6. The van der Waals surface area contributed by atoms with Crippen molar-refractivity contribution in [3.63, 3.8) is 0 Å². The summed E-state index contributed by atoms with van der Waals surface area (Å²) in [6.45, 7) is 0. The molecule has 1 atom stereocenters. The number of carbonyl (C=O) groups excluding carboxylic acids is 1. The Morgan fingerprint density at radius 1 is 0.960 bits per heavy atom. The van der Waals surface area contributed by atoms with Gasteiger partial charge in [-0.1, -0.05) is 12.1 Å². The number of nitriles is 1. The quantitative estimate of drug-likeness (QED) is 0.794. The highest BCUT2D eigenvalue weighted by atomic mass is 19.1. The van der Waals surface area contributed by atoms with Gasteiger partial charge in [0.25, 0.3) is 5.91 Å². The highest BCUT2D eigenvalue weighted by Crippen LogP contribution is 2.22. The molecule has 0 unspecified atom stereocenters. The highest BCUT2D eigenvalue weighted by Gasteiger charge is 2.18. The van der Waals surface area contributed by atoms with E-state index in [0.717, 1.165) is 11.1 Å². The van der Waals surface area contributed by atoms with Crippen molar-refractivity contribution in [1.82, 2.24) is 10.3 Å². The lowest BCUT2D eigenvalue weighted by Crippen LogP contribution is -2.29. The average molecular weight is 331 g/mol. The number of amides is 1. The van der Waals surface area contributed by atoms with Gasteiger partial charge in [0.15, 0.2) is 0 Å². The molecular weight excluding hydrogens is 317 g/mol. The maximum Gasteiger partial charge on any atom is 0.252 e. The molecule has 0 aliphatic carbocycles. The molecule has 4 nitrogen and oxygen atoms in total. The standard InChI is InChI=1S/C20H14FN3O/c21-18-7-5-15(6-8-18)19(16-9-11-23-12-10-16)24-20(25)17-3-1-14(13-22)2-4-17/h1-12,19H,(H,24,25)/t19-/m1/s1. The monoisotopic (exact) mass is 331 g/mol. The van der Waals surface area contributed by atoms with Crippen LogP contribution in [0.5, 0.6) is 0 Å². The van der Waals surface area contributed by atoms with Crippen LogP contribution in [0.2, 0.25) is 0 Å². The molecule has 1 amide bonds. The number of hydrogen-bond acceptors (Lipinski definition) is 3. The second-order valence-corrected chi connectivity index (χ2v) is 5.43. The van der Waals surface area contributed by atoms with Gasteiger partial charge in [-0.25, -0.2) is 4.39 Å². The van der Waals surface area contributed by atoms with Crippen LogP contribution in [0, 0.1) is 17.1 Å². The lowest BCUT2D eigenvalue weighted by atomic mass is 9.99. The number of rotatable bonds is 4. The summed E-state index contributed by atoms with van der Waals surface area (Å²) >= 11 is 0. The van der Waals surface area contributed by atoms with Crippen molar-refractivity contribution in [2.24, 2.45) is 0 Å². The number of carbonyl (C=O) groups is 1. The summed E-state index contributed by atoms with van der Waals surface area (Å²) in [6, 6.07) is 17.6. The Morgan fingerprint density at radius 3 is 2.16 bits per heavy atom. The molecule has 122 valence electrons. The minimum atomic E-state index is -0.438. The van der Waals surface area contributed by atoms with Gasteiger partial charge >= 0.3 is 0 Å². The number of nitrogens with zero attached hydrogens (tertiary/aromatic N) is 2. The topological polar surface area (TPSA) is 65.8 Å². The lowest BCUT2D eigenvalue weighted by molar-refractivity contribution is 0.0943. The molecule has 3 rings (SSSR count). The third-order valence-electron chi connectivity index (χ3n) is 3.79. The molecule has 0 aliphatic rings. The van der Waals surface area contributed by atoms with Crippen LogP contribution >= 0.6 is 0 Å². The van der Waals surface area contributed by atoms with Crippen LogP contribution < -0.4 is 5.32 Å². The summed E-state index contributed by atoms with van der Waals surface area (Å²) < 4.78 is 13.2. The third kappa shape index (κ3) is 3.88. The van der Waals surface area contributed by atoms with E-state index in [-0.39, 0.29) is 11.7 Å². The maximum absolute atomic E-state index is 13.2. The van der Waals surface area contributed by atoms with Crippen LogP contribution in [-0.2, 0) is 0 Å². The fourth-order valence-electron chi connectivity index (χ4n) is 2.48. The van der Waals surface area contributed by atoms with E-state index in [1.165, 1.54) is 12.1 Å². The second-order valence-electron chi connectivity index (χ2n) is 5.43. The van der Waals surface area contributed by atoms with Crippen molar-refractivity contribution in [1.29, 1.82) is 5.26 Å². The zero-order valence-corrected chi connectivity index (χ0v) is 13.2. The Morgan fingerprint density at radius 2 is 1.56 bits per heavy atom. The molecule has 0 saturated heterocycles. The predicted molar refractivity (Wildman–Crippen MR) is 91.1 cm³/mol. The first-order valence-corrected chi connectivity index (χ1v) is 7.64. The molecule has 0 spiro atoms. The largest absolute Gasteiger partial charge is 0.341 e. The van der Waals surface area contributed by atoms with Gasteiger partial charge in [-0.2, -0.15) is 5.26 Å². The van der Waals surface area contributed by atoms with Gasteiger partial charge in [0.1, 0.15) is 5.82 Å². The molecular formula is C20H14FN3O. The minimum absolute atomic E-state index is 0.282. The molecule has 2 aromatic carbocycles. The van der Waals surface area contributed by atoms with Crippen LogP contribution in [-0.4, -0.2) is 10.9 Å². The van der Waals surface area contributed by atoms with Gasteiger partial charge in [-0.15, -0.1) is 0 Å². The number of hydrogen-bond donors (Lipinski definition) is 1. The first kappa shape index (κ1) is 16.3. The zero-order valence-electron chi connectivity index (χ0n) is 13.2. The number of aromatic nitrogens is 1. The summed E-state index contributed by atoms with van der Waals surface area (Å²) in [5.74, 6) is -0.619. The van der Waals surface area contributed by atoms with Gasteiger partial charge in [0.05, 0.1) is 17.7 Å². The van der Waals surface area contributed by atoms with E-state index in [1.807, 2.05) is 6.07 Å². The van der Waals surface area contributed by atoms with Crippen molar-refractivity contribution in [3.05, 3.63) is 101 Å². The Kier molecular flexibility index (Phi) is 4.82. The number of benzene rings is 2. The smallest absolute Gasteiger partial charge is 0.252 e. The van der Waals surface area contributed by atoms with Gasteiger partial charge < -0.3 is 5.32 Å². The van der Waals surface area contributed by atoms with E-state index in [9.17, 15) is 9.18 Å². The summed E-state index contributed by atoms with van der Waals surface area (Å²) in [5, 5.41) is 11.8. The van der Waals surface area contributed by atoms with Gasteiger partial charge in [-0.05, 0) is 59.7 Å². The van der Waals surface area contributed by atoms with Crippen LogP contribution in [0.3, 0.4) is 0 Å². The van der Waals surface area contributed by atoms with Crippen molar-refractivity contribution >= 4 is 5.91 Å². The first-order chi connectivity index (χ1) is 12.2. The normalized spacial score (nSPS) is 11.4. The van der Waals surface area contributed by atoms with Gasteiger partial charge in [0, 0.05) is 18.0 Å². The molecule has 5 heteroatoms. The van der Waals surface area contributed by atoms with E-state index in [0.29, 0.717) is 11.1 Å². The molecule has 1 aromatic heterocycles. The summed E-state index contributed by atoms with van der Waals surface area (Å²) in [7, 11) is 0. The second kappa shape index (κ2) is 7.37. The summed E-state index contributed by atoms with van der Waals surface area (Å²) in [6.07, 6.45) is 3.28. The SMILES string of the molecule is N#Cc1ccc(C(=O)N[C@@H](c2ccncc2)c2ccc(F)cc2)cc1. The Labute approximate surface area is 144 Å². The molecule has 0 saturated carbocycles. The molecule has 0 aliphatic heterocycles. The molecule has 0 fully saturated rings. The Balaban J connectivity index is 1.90. The van der Waals surface area contributed by atoms with E-state index < -0.39 is 6.04 Å². The van der Waals surface area contributed by atoms with Gasteiger partial charge in [-0.3, -0.25) is 9.78 Å². The van der Waals surface area contributed by atoms with Crippen LogP contribution in [0.25, 0.3) is 0 Å². The fourth-order valence-corrected chi connectivity index (χ4v) is 2.48. The first-order valence-electron chi connectivity index (χ1n) is 7.64. The van der Waals surface area contributed by atoms with Crippen LogP contribution in [0.15, 0.2) is 73.1 Å².